The maximum absolute atomic E-state index is 13.6. The lowest BCUT2D eigenvalue weighted by molar-refractivity contribution is -0.135. The number of amides is 2. The molecule has 0 unspecified atom stereocenters. The molecule has 0 spiro atoms. The van der Waals surface area contributed by atoms with Crippen LogP contribution < -0.4 is 10.5 Å². The Morgan fingerprint density at radius 2 is 1.88 bits per heavy atom. The van der Waals surface area contributed by atoms with Crippen LogP contribution in [0.25, 0.3) is 10.9 Å². The van der Waals surface area contributed by atoms with E-state index >= 15 is 0 Å². The predicted molar refractivity (Wildman–Crippen MR) is 133 cm³/mol. The molecule has 2 aromatic heterocycles. The number of nitrogens with one attached hydrogen (secondary N) is 1. The summed E-state index contributed by atoms with van der Waals surface area (Å²) in [5.74, 6) is -0.361. The van der Waals surface area contributed by atoms with Crippen LogP contribution in [0.3, 0.4) is 0 Å². The van der Waals surface area contributed by atoms with Gasteiger partial charge < -0.3 is 14.8 Å². The van der Waals surface area contributed by atoms with Crippen LogP contribution >= 0.6 is 11.3 Å². The molecule has 8 heteroatoms. The largest absolute Gasteiger partial charge is 0.338 e. The van der Waals surface area contributed by atoms with Crippen molar-refractivity contribution in [2.45, 2.75) is 25.9 Å². The van der Waals surface area contributed by atoms with Gasteiger partial charge in [0.1, 0.15) is 5.82 Å². The molecule has 0 bridgehead atoms. The molecule has 2 atom stereocenters. The van der Waals surface area contributed by atoms with Gasteiger partial charge in [0.15, 0.2) is 0 Å². The molecule has 1 aliphatic rings. The van der Waals surface area contributed by atoms with Gasteiger partial charge in [0.25, 0.3) is 5.56 Å². The van der Waals surface area contributed by atoms with Crippen molar-refractivity contribution in [3.8, 4) is 0 Å². The average molecular weight is 473 g/mol. The molecule has 1 N–H and O–H groups in total. The summed E-state index contributed by atoms with van der Waals surface area (Å²) in [5, 5.41) is 2.47. The van der Waals surface area contributed by atoms with Crippen LogP contribution in [0.5, 0.6) is 0 Å². The number of rotatable bonds is 5. The Hall–Kier alpha value is -3.78. The molecule has 2 amide bonds. The zero-order valence-electron chi connectivity index (χ0n) is 18.9. The highest BCUT2D eigenvalue weighted by Crippen LogP contribution is 2.43. The van der Waals surface area contributed by atoms with Gasteiger partial charge in [0, 0.05) is 24.0 Å². The normalized spacial score (nSPS) is 17.9. The molecule has 3 heterocycles. The van der Waals surface area contributed by atoms with E-state index in [1.807, 2.05) is 54.8 Å². The molecule has 2 aromatic carbocycles. The van der Waals surface area contributed by atoms with Crippen LogP contribution in [-0.4, -0.2) is 33.7 Å². The summed E-state index contributed by atoms with van der Waals surface area (Å²) in [7, 11) is 1.68. The molecular weight excluding hydrogens is 448 g/mol. The lowest BCUT2D eigenvalue weighted by atomic mass is 9.97. The highest BCUT2D eigenvalue weighted by atomic mass is 32.1. The van der Waals surface area contributed by atoms with Crippen molar-refractivity contribution < 1.29 is 9.59 Å². The molecule has 5 rings (SSSR count). The molecule has 0 radical (unpaired) electrons. The standard InChI is InChI=1S/C26H24N4O3S/c1-16-9-11-17(12-10-16)30-23(31)14-19(24(30)21-8-5-13-34-21)26(33)29(2)15-22-27-20-7-4-3-6-18(20)25(32)28-22/h3-13,19,24H,14-15H2,1-2H3,(H,27,28,32)/t19-,24+/m1/s1. The Balaban J connectivity index is 1.44. The van der Waals surface area contributed by atoms with Crippen molar-refractivity contribution in [2.75, 3.05) is 11.9 Å². The molecule has 0 saturated carbocycles. The summed E-state index contributed by atoms with van der Waals surface area (Å²) in [4.78, 5) is 50.8. The first-order valence-corrected chi connectivity index (χ1v) is 12.0. The van der Waals surface area contributed by atoms with Crippen LogP contribution in [0.2, 0.25) is 0 Å². The third-order valence-electron chi connectivity index (χ3n) is 6.21. The van der Waals surface area contributed by atoms with Gasteiger partial charge in [-0.2, -0.15) is 0 Å². The summed E-state index contributed by atoms with van der Waals surface area (Å²) in [6.45, 7) is 2.14. The molecule has 172 valence electrons. The first kappa shape index (κ1) is 22.0. The van der Waals surface area contributed by atoms with Crippen molar-refractivity contribution >= 4 is 39.7 Å². The van der Waals surface area contributed by atoms with Crippen LogP contribution in [0, 0.1) is 12.8 Å². The van der Waals surface area contributed by atoms with Gasteiger partial charge >= 0.3 is 0 Å². The predicted octanol–water partition coefficient (Wildman–Crippen LogP) is 4.05. The summed E-state index contributed by atoms with van der Waals surface area (Å²) < 4.78 is 0. The minimum atomic E-state index is -0.537. The lowest BCUT2D eigenvalue weighted by Crippen LogP contribution is -2.37. The summed E-state index contributed by atoms with van der Waals surface area (Å²) in [6, 6.07) is 18.4. The first-order chi connectivity index (χ1) is 16.4. The number of anilines is 1. The highest BCUT2D eigenvalue weighted by molar-refractivity contribution is 7.10. The van der Waals surface area contributed by atoms with E-state index in [1.54, 1.807) is 35.0 Å². The molecule has 34 heavy (non-hydrogen) atoms. The highest BCUT2D eigenvalue weighted by Gasteiger charge is 2.46. The number of nitrogens with zero attached hydrogens (tertiary/aromatic N) is 3. The molecular formula is C26H24N4O3S. The fourth-order valence-corrected chi connectivity index (χ4v) is 5.43. The van der Waals surface area contributed by atoms with E-state index in [-0.39, 0.29) is 36.4 Å². The molecule has 0 aliphatic carbocycles. The second-order valence-electron chi connectivity index (χ2n) is 8.59. The Labute approximate surface area is 200 Å². The zero-order chi connectivity index (χ0) is 23.8. The van der Waals surface area contributed by atoms with E-state index in [9.17, 15) is 14.4 Å². The van der Waals surface area contributed by atoms with Gasteiger partial charge in [-0.3, -0.25) is 14.4 Å². The number of benzene rings is 2. The fraction of sp³-hybridized carbons (Fsp3) is 0.231. The Kier molecular flexibility index (Phi) is 5.75. The van der Waals surface area contributed by atoms with E-state index in [0.29, 0.717) is 16.7 Å². The SMILES string of the molecule is Cc1ccc(N2C(=O)C[C@@H](C(=O)N(C)Cc3nc4ccccc4c(=O)[nH]3)[C@H]2c2cccs2)cc1. The van der Waals surface area contributed by atoms with Gasteiger partial charge in [0.2, 0.25) is 11.8 Å². The minimum absolute atomic E-state index is 0.0776. The average Bonchev–Trinajstić information content (AvgIpc) is 3.47. The van der Waals surface area contributed by atoms with Crippen LogP contribution in [0.15, 0.2) is 70.8 Å². The minimum Gasteiger partial charge on any atom is -0.338 e. The number of hydrogen-bond donors (Lipinski definition) is 1. The van der Waals surface area contributed by atoms with E-state index in [2.05, 4.69) is 9.97 Å². The molecule has 1 aliphatic heterocycles. The number of hydrogen-bond acceptors (Lipinski definition) is 5. The number of carbonyl (C=O) groups excluding carboxylic acids is 2. The van der Waals surface area contributed by atoms with E-state index < -0.39 is 5.92 Å². The molecule has 7 nitrogen and oxygen atoms in total. The smallest absolute Gasteiger partial charge is 0.258 e. The van der Waals surface area contributed by atoms with Crippen molar-refractivity contribution in [3.63, 3.8) is 0 Å². The summed E-state index contributed by atoms with van der Waals surface area (Å²) in [6.07, 6.45) is 0.126. The fourth-order valence-electron chi connectivity index (χ4n) is 4.55. The lowest BCUT2D eigenvalue weighted by Gasteiger charge is -2.29. The van der Waals surface area contributed by atoms with Crippen LogP contribution in [-0.2, 0) is 16.1 Å². The number of H-pyrrole nitrogens is 1. The number of aryl methyl sites for hydroxylation is 1. The van der Waals surface area contributed by atoms with Crippen molar-refractivity contribution in [1.29, 1.82) is 0 Å². The Morgan fingerprint density at radius 3 is 2.62 bits per heavy atom. The Bertz CT molecular complexity index is 1410. The number of aromatic amines is 1. The maximum atomic E-state index is 13.6. The number of para-hydroxylation sites is 1. The van der Waals surface area contributed by atoms with Gasteiger partial charge in [-0.1, -0.05) is 35.9 Å². The number of fused-ring (bicyclic) bond motifs is 1. The quantitative estimate of drug-likeness (QED) is 0.475. The number of aromatic nitrogens is 2. The Morgan fingerprint density at radius 1 is 1.12 bits per heavy atom. The van der Waals surface area contributed by atoms with Crippen molar-refractivity contribution in [3.05, 3.63) is 92.7 Å². The van der Waals surface area contributed by atoms with Gasteiger partial charge in [-0.15, -0.1) is 11.3 Å². The molecule has 1 fully saturated rings. The van der Waals surface area contributed by atoms with Gasteiger partial charge in [-0.05, 0) is 42.6 Å². The second-order valence-corrected chi connectivity index (χ2v) is 9.57. The third kappa shape index (κ3) is 4.01. The maximum Gasteiger partial charge on any atom is 0.258 e. The monoisotopic (exact) mass is 472 g/mol. The molecule has 1 saturated heterocycles. The van der Waals surface area contributed by atoms with Gasteiger partial charge in [-0.25, -0.2) is 4.98 Å². The van der Waals surface area contributed by atoms with E-state index in [4.69, 9.17) is 0 Å². The number of thiophene rings is 1. The second kappa shape index (κ2) is 8.87. The van der Waals surface area contributed by atoms with E-state index in [0.717, 1.165) is 16.1 Å². The molecule has 4 aromatic rings. The van der Waals surface area contributed by atoms with Crippen molar-refractivity contribution in [2.24, 2.45) is 5.92 Å². The number of carbonyl (C=O) groups is 2. The van der Waals surface area contributed by atoms with Crippen LogP contribution in [0.4, 0.5) is 5.69 Å². The van der Waals surface area contributed by atoms with Gasteiger partial charge in [0.05, 0.1) is 29.4 Å². The van der Waals surface area contributed by atoms with Crippen LogP contribution in [0.1, 0.15) is 28.7 Å². The van der Waals surface area contributed by atoms with Crippen molar-refractivity contribution in [1.82, 2.24) is 14.9 Å². The summed E-state index contributed by atoms with van der Waals surface area (Å²) in [5.41, 5.74) is 2.24. The third-order valence-corrected chi connectivity index (χ3v) is 7.15. The zero-order valence-corrected chi connectivity index (χ0v) is 19.7. The van der Waals surface area contributed by atoms with E-state index in [1.165, 1.54) is 11.3 Å². The first-order valence-electron chi connectivity index (χ1n) is 11.1. The topological polar surface area (TPSA) is 86.4 Å². The summed E-state index contributed by atoms with van der Waals surface area (Å²) >= 11 is 1.54.